The van der Waals surface area contributed by atoms with Gasteiger partial charge in [0.1, 0.15) is 5.69 Å². The van der Waals surface area contributed by atoms with Crippen molar-refractivity contribution in [3.8, 4) is 0 Å². The maximum atomic E-state index is 12.2. The molecule has 0 amide bonds. The van der Waals surface area contributed by atoms with Gasteiger partial charge in [-0.15, -0.1) is 11.3 Å². The van der Waals surface area contributed by atoms with E-state index in [1.54, 1.807) is 12.4 Å². The van der Waals surface area contributed by atoms with Gasteiger partial charge >= 0.3 is 0 Å². The molecule has 0 spiro atoms. The highest BCUT2D eigenvalue weighted by molar-refractivity contribution is 7.13. The number of hydrogen-bond donors (Lipinski definition) is 1. The minimum atomic E-state index is -0.0200. The summed E-state index contributed by atoms with van der Waals surface area (Å²) in [6.07, 6.45) is 1.10. The quantitative estimate of drug-likeness (QED) is 0.840. The number of aromatic nitrogens is 1. The number of nitrogens with zero attached hydrogens (tertiary/aromatic N) is 1. The second-order valence-corrected chi connectivity index (χ2v) is 5.41. The number of hydrogen-bond acceptors (Lipinski definition) is 4. The summed E-state index contributed by atoms with van der Waals surface area (Å²) in [6, 6.07) is 7.85. The van der Waals surface area contributed by atoms with E-state index < -0.39 is 0 Å². The van der Waals surface area contributed by atoms with Gasteiger partial charge in [-0.05, 0) is 17.9 Å². The third-order valence-electron chi connectivity index (χ3n) is 3.30. The summed E-state index contributed by atoms with van der Waals surface area (Å²) in [4.78, 5) is 16.5. The summed E-state index contributed by atoms with van der Waals surface area (Å²) >= 11 is 1.44. The molecule has 0 aliphatic heterocycles. The van der Waals surface area contributed by atoms with Gasteiger partial charge in [0.05, 0.1) is 0 Å². The van der Waals surface area contributed by atoms with Crippen molar-refractivity contribution in [1.82, 2.24) is 4.98 Å². The van der Waals surface area contributed by atoms with E-state index in [1.807, 2.05) is 24.3 Å². The molecule has 0 saturated heterocycles. The second kappa shape index (κ2) is 5.97. The number of carbonyl (C=O) groups is 1. The molecule has 1 aromatic carbocycles. The lowest BCUT2D eigenvalue weighted by molar-refractivity contribution is 0.103. The Morgan fingerprint density at radius 1 is 1.37 bits per heavy atom. The van der Waals surface area contributed by atoms with Crippen molar-refractivity contribution in [1.29, 1.82) is 0 Å². The normalized spacial score (nSPS) is 12.2. The first-order valence-corrected chi connectivity index (χ1v) is 7.31. The number of ketones is 1. The van der Waals surface area contributed by atoms with Crippen LogP contribution >= 0.6 is 11.3 Å². The first kappa shape index (κ1) is 13.7. The van der Waals surface area contributed by atoms with E-state index in [0.717, 1.165) is 11.6 Å². The van der Waals surface area contributed by atoms with Crippen molar-refractivity contribution >= 4 is 22.3 Å². The molecule has 0 saturated carbocycles. The van der Waals surface area contributed by atoms with Crippen LogP contribution in [0.5, 0.6) is 0 Å². The highest BCUT2D eigenvalue weighted by atomic mass is 32.1. The maximum absolute atomic E-state index is 12.2. The first-order chi connectivity index (χ1) is 9.15. The number of thiazole rings is 1. The monoisotopic (exact) mass is 274 g/mol. The van der Waals surface area contributed by atoms with Crippen molar-refractivity contribution < 1.29 is 4.79 Å². The zero-order chi connectivity index (χ0) is 13.8. The Balaban J connectivity index is 2.19. The second-order valence-electron chi connectivity index (χ2n) is 4.55. The summed E-state index contributed by atoms with van der Waals surface area (Å²) in [6.45, 7) is 4.36. The van der Waals surface area contributed by atoms with Gasteiger partial charge in [-0.3, -0.25) is 4.79 Å². The molecular formula is C15H18N2OS. The molecule has 0 fully saturated rings. The molecule has 0 aliphatic rings. The lowest BCUT2D eigenvalue weighted by Crippen LogP contribution is -2.02. The van der Waals surface area contributed by atoms with Gasteiger partial charge in [-0.2, -0.15) is 0 Å². The van der Waals surface area contributed by atoms with Crippen LogP contribution in [0.4, 0.5) is 5.13 Å². The zero-order valence-corrected chi connectivity index (χ0v) is 12.3. The van der Waals surface area contributed by atoms with Crippen molar-refractivity contribution in [2.45, 2.75) is 26.2 Å². The molecule has 0 radical (unpaired) electrons. The molecule has 3 nitrogen and oxygen atoms in total. The van der Waals surface area contributed by atoms with Crippen LogP contribution in [0.1, 0.15) is 47.8 Å². The van der Waals surface area contributed by atoms with Crippen molar-refractivity contribution in [2.24, 2.45) is 0 Å². The molecule has 19 heavy (non-hydrogen) atoms. The number of benzene rings is 1. The zero-order valence-electron chi connectivity index (χ0n) is 11.4. The Morgan fingerprint density at radius 2 is 2.05 bits per heavy atom. The van der Waals surface area contributed by atoms with Crippen LogP contribution < -0.4 is 5.32 Å². The number of anilines is 1. The molecule has 1 unspecified atom stereocenters. The van der Waals surface area contributed by atoms with Crippen LogP contribution in [-0.2, 0) is 0 Å². The number of nitrogens with one attached hydrogen (secondary N) is 1. The topological polar surface area (TPSA) is 42.0 Å². The molecule has 0 bridgehead atoms. The highest BCUT2D eigenvalue weighted by Crippen LogP contribution is 2.21. The van der Waals surface area contributed by atoms with Gasteiger partial charge in [-0.25, -0.2) is 4.98 Å². The van der Waals surface area contributed by atoms with Gasteiger partial charge in [0.15, 0.2) is 5.13 Å². The molecule has 2 rings (SSSR count). The predicted octanol–water partition coefficient (Wildman–Crippen LogP) is 3.93. The Morgan fingerprint density at radius 3 is 2.58 bits per heavy atom. The summed E-state index contributed by atoms with van der Waals surface area (Å²) < 4.78 is 0. The third-order valence-corrected chi connectivity index (χ3v) is 4.16. The number of rotatable bonds is 5. The van der Waals surface area contributed by atoms with Crippen LogP contribution in [-0.4, -0.2) is 17.8 Å². The first-order valence-electron chi connectivity index (χ1n) is 6.43. The maximum Gasteiger partial charge on any atom is 0.212 e. The van der Waals surface area contributed by atoms with E-state index in [0.29, 0.717) is 17.2 Å². The fraction of sp³-hybridized carbons (Fsp3) is 0.333. The lowest BCUT2D eigenvalue weighted by Gasteiger charge is -2.08. The summed E-state index contributed by atoms with van der Waals surface area (Å²) in [7, 11) is 1.80. The lowest BCUT2D eigenvalue weighted by atomic mass is 9.96. The number of carbonyl (C=O) groups excluding carboxylic acids is 1. The molecule has 1 atom stereocenters. The van der Waals surface area contributed by atoms with E-state index in [1.165, 1.54) is 16.9 Å². The fourth-order valence-corrected chi connectivity index (χ4v) is 2.49. The molecular weight excluding hydrogens is 256 g/mol. The van der Waals surface area contributed by atoms with Crippen LogP contribution in [0, 0.1) is 0 Å². The standard InChI is InChI=1S/C15H18N2OS/c1-4-10(2)11-5-7-12(8-6-11)14(18)13-9-19-15(16-3)17-13/h5-10H,4H2,1-3H3,(H,16,17). The van der Waals surface area contributed by atoms with Gasteiger partial charge in [0.2, 0.25) is 5.78 Å². The average molecular weight is 274 g/mol. The van der Waals surface area contributed by atoms with Crippen LogP contribution in [0.25, 0.3) is 0 Å². The Kier molecular flexibility index (Phi) is 4.32. The molecule has 100 valence electrons. The van der Waals surface area contributed by atoms with Crippen molar-refractivity contribution in [3.63, 3.8) is 0 Å². The summed E-state index contributed by atoms with van der Waals surface area (Å²) in [5.74, 6) is 0.507. The molecule has 1 aromatic heterocycles. The predicted molar refractivity (Wildman–Crippen MR) is 80.2 cm³/mol. The van der Waals surface area contributed by atoms with Crippen molar-refractivity contribution in [3.05, 3.63) is 46.5 Å². The van der Waals surface area contributed by atoms with Gasteiger partial charge in [0.25, 0.3) is 0 Å². The molecule has 0 aliphatic carbocycles. The van der Waals surface area contributed by atoms with E-state index >= 15 is 0 Å². The minimum Gasteiger partial charge on any atom is -0.365 e. The van der Waals surface area contributed by atoms with E-state index in [4.69, 9.17) is 0 Å². The van der Waals surface area contributed by atoms with Crippen molar-refractivity contribution in [2.75, 3.05) is 12.4 Å². The Bertz CT molecular complexity index is 560. The van der Waals surface area contributed by atoms with Gasteiger partial charge in [0, 0.05) is 18.0 Å². The van der Waals surface area contributed by atoms with Crippen LogP contribution in [0.2, 0.25) is 0 Å². The van der Waals surface area contributed by atoms with Crippen LogP contribution in [0.15, 0.2) is 29.6 Å². The minimum absolute atomic E-state index is 0.0200. The largest absolute Gasteiger partial charge is 0.365 e. The molecule has 4 heteroatoms. The van der Waals surface area contributed by atoms with Gasteiger partial charge < -0.3 is 5.32 Å². The fourth-order valence-electron chi connectivity index (χ4n) is 1.84. The van der Waals surface area contributed by atoms with Crippen LogP contribution in [0.3, 0.4) is 0 Å². The van der Waals surface area contributed by atoms with E-state index in [-0.39, 0.29) is 5.78 Å². The Hall–Kier alpha value is -1.68. The highest BCUT2D eigenvalue weighted by Gasteiger charge is 2.13. The van der Waals surface area contributed by atoms with Gasteiger partial charge in [-0.1, -0.05) is 38.1 Å². The van der Waals surface area contributed by atoms with E-state index in [9.17, 15) is 4.79 Å². The summed E-state index contributed by atoms with van der Waals surface area (Å²) in [5, 5.41) is 5.49. The SMILES string of the molecule is CCC(C)c1ccc(C(=O)c2csc(NC)n2)cc1. The molecule has 1 heterocycles. The molecule has 1 N–H and O–H groups in total. The average Bonchev–Trinajstić information content (AvgIpc) is 2.94. The Labute approximate surface area is 117 Å². The third kappa shape index (κ3) is 3.01. The smallest absolute Gasteiger partial charge is 0.212 e. The molecule has 2 aromatic rings. The summed E-state index contributed by atoms with van der Waals surface area (Å²) in [5.41, 5.74) is 2.47. The van der Waals surface area contributed by atoms with E-state index in [2.05, 4.69) is 24.1 Å².